The van der Waals surface area contributed by atoms with E-state index in [4.69, 9.17) is 9.47 Å². The van der Waals surface area contributed by atoms with Crippen molar-refractivity contribution in [1.82, 2.24) is 0 Å². The molecule has 112 valence electrons. The van der Waals surface area contributed by atoms with Crippen molar-refractivity contribution in [1.29, 1.82) is 0 Å². The normalized spacial score (nSPS) is 10.7. The Morgan fingerprint density at radius 3 is 2.57 bits per heavy atom. The van der Waals surface area contributed by atoms with E-state index in [9.17, 15) is 4.79 Å². The van der Waals surface area contributed by atoms with Crippen molar-refractivity contribution in [3.8, 4) is 17.6 Å². The Kier molecular flexibility index (Phi) is 6.35. The van der Waals surface area contributed by atoms with Crippen LogP contribution in [0.25, 0.3) is 0 Å². The summed E-state index contributed by atoms with van der Waals surface area (Å²) in [6, 6.07) is 5.59. The first kappa shape index (κ1) is 16.6. The van der Waals surface area contributed by atoms with Crippen LogP contribution >= 0.6 is 0 Å². The minimum absolute atomic E-state index is 0.0166. The highest BCUT2D eigenvalue weighted by atomic mass is 16.6. The van der Waals surface area contributed by atoms with Crippen molar-refractivity contribution in [2.75, 3.05) is 14.2 Å². The van der Waals surface area contributed by atoms with E-state index in [1.165, 1.54) is 20.5 Å². The van der Waals surface area contributed by atoms with Crippen LogP contribution in [-0.4, -0.2) is 20.2 Å². The first-order valence-electron chi connectivity index (χ1n) is 6.59. The largest absolute Gasteiger partial charge is 0.500 e. The van der Waals surface area contributed by atoms with Gasteiger partial charge in [-0.25, -0.2) is 4.79 Å². The van der Waals surface area contributed by atoms with E-state index in [0.717, 1.165) is 11.1 Å². The number of methoxy groups -OCH3 is 2. The number of rotatable bonds is 4. The van der Waals surface area contributed by atoms with Crippen LogP contribution in [0.2, 0.25) is 0 Å². The first-order chi connectivity index (χ1) is 9.97. The number of hydrogen-bond acceptors (Lipinski definition) is 4. The number of hydrogen-bond donors (Lipinski definition) is 0. The van der Waals surface area contributed by atoms with Crippen LogP contribution in [0, 0.1) is 24.7 Å². The summed E-state index contributed by atoms with van der Waals surface area (Å²) in [5.41, 5.74) is 1.71. The SMILES string of the molecule is CO/C=C(\Oc1cc(C#CC(C)C)ccc1C)C(=O)OC. The Hall–Kier alpha value is -2.41. The van der Waals surface area contributed by atoms with Gasteiger partial charge in [-0.3, -0.25) is 0 Å². The maximum absolute atomic E-state index is 11.6. The Bertz CT molecular complexity index is 589. The fourth-order valence-corrected chi connectivity index (χ4v) is 1.46. The maximum Gasteiger partial charge on any atom is 0.377 e. The summed E-state index contributed by atoms with van der Waals surface area (Å²) in [5, 5.41) is 0. The number of aryl methyl sites for hydroxylation is 1. The predicted octanol–water partition coefficient (Wildman–Crippen LogP) is 3.04. The molecule has 21 heavy (non-hydrogen) atoms. The molecule has 0 heterocycles. The van der Waals surface area contributed by atoms with Crippen molar-refractivity contribution < 1.29 is 19.0 Å². The number of carbonyl (C=O) groups is 1. The van der Waals surface area contributed by atoms with Crippen LogP contribution in [0.15, 0.2) is 30.2 Å². The van der Waals surface area contributed by atoms with E-state index in [1.54, 1.807) is 6.07 Å². The van der Waals surface area contributed by atoms with Gasteiger partial charge < -0.3 is 14.2 Å². The third-order valence-electron chi connectivity index (χ3n) is 2.52. The lowest BCUT2D eigenvalue weighted by molar-refractivity contribution is -0.138. The van der Waals surface area contributed by atoms with Crippen LogP contribution in [-0.2, 0) is 14.3 Å². The summed E-state index contributed by atoms with van der Waals surface area (Å²) in [6.45, 7) is 5.93. The van der Waals surface area contributed by atoms with Crippen LogP contribution in [0.3, 0.4) is 0 Å². The van der Waals surface area contributed by atoms with Gasteiger partial charge in [0.15, 0.2) is 0 Å². The molecule has 0 unspecified atom stereocenters. The van der Waals surface area contributed by atoms with E-state index < -0.39 is 5.97 Å². The second kappa shape index (κ2) is 8.01. The molecule has 0 fully saturated rings. The zero-order valence-electron chi connectivity index (χ0n) is 13.0. The van der Waals surface area contributed by atoms with Crippen LogP contribution < -0.4 is 4.74 Å². The van der Waals surface area contributed by atoms with Crippen LogP contribution in [0.1, 0.15) is 25.0 Å². The summed E-state index contributed by atoms with van der Waals surface area (Å²) in [7, 11) is 2.72. The molecule has 0 saturated carbocycles. The minimum Gasteiger partial charge on any atom is -0.500 e. The molecule has 0 amide bonds. The Labute approximate surface area is 125 Å². The smallest absolute Gasteiger partial charge is 0.377 e. The second-order valence-electron chi connectivity index (χ2n) is 4.72. The van der Waals surface area contributed by atoms with E-state index in [2.05, 4.69) is 16.6 Å². The first-order valence-corrected chi connectivity index (χ1v) is 6.59. The molecule has 4 heteroatoms. The molecule has 0 aliphatic heterocycles. The topological polar surface area (TPSA) is 44.8 Å². The van der Waals surface area contributed by atoms with Crippen molar-refractivity contribution in [3.63, 3.8) is 0 Å². The van der Waals surface area contributed by atoms with E-state index in [1.807, 2.05) is 32.9 Å². The van der Waals surface area contributed by atoms with E-state index >= 15 is 0 Å². The van der Waals surface area contributed by atoms with Gasteiger partial charge in [0.25, 0.3) is 0 Å². The summed E-state index contributed by atoms with van der Waals surface area (Å²) in [4.78, 5) is 11.6. The Morgan fingerprint density at radius 1 is 1.29 bits per heavy atom. The van der Waals surface area contributed by atoms with Gasteiger partial charge in [0.2, 0.25) is 5.76 Å². The van der Waals surface area contributed by atoms with Gasteiger partial charge in [-0.15, -0.1) is 0 Å². The second-order valence-corrected chi connectivity index (χ2v) is 4.72. The van der Waals surface area contributed by atoms with Gasteiger partial charge in [0, 0.05) is 11.5 Å². The molecule has 0 spiro atoms. The highest BCUT2D eigenvalue weighted by molar-refractivity contribution is 5.86. The molecule has 0 aliphatic carbocycles. The highest BCUT2D eigenvalue weighted by Crippen LogP contribution is 2.22. The van der Waals surface area contributed by atoms with Gasteiger partial charge >= 0.3 is 5.97 Å². The van der Waals surface area contributed by atoms with Crippen molar-refractivity contribution in [2.24, 2.45) is 5.92 Å². The van der Waals surface area contributed by atoms with Gasteiger partial charge in [-0.1, -0.05) is 31.8 Å². The summed E-state index contributed by atoms with van der Waals surface area (Å²) < 4.78 is 15.1. The molecule has 0 atom stereocenters. The molecule has 1 aromatic rings. The summed E-state index contributed by atoms with van der Waals surface area (Å²) in [5.74, 6) is 6.36. The van der Waals surface area contributed by atoms with Crippen LogP contribution in [0.5, 0.6) is 5.75 Å². The number of carbonyl (C=O) groups excluding carboxylic acids is 1. The molecule has 0 radical (unpaired) electrons. The third-order valence-corrected chi connectivity index (χ3v) is 2.52. The van der Waals surface area contributed by atoms with E-state index in [-0.39, 0.29) is 11.7 Å². The molecule has 0 bridgehead atoms. The Morgan fingerprint density at radius 2 is 2.00 bits per heavy atom. The van der Waals surface area contributed by atoms with E-state index in [0.29, 0.717) is 5.75 Å². The fraction of sp³-hybridized carbons (Fsp3) is 0.353. The van der Waals surface area contributed by atoms with Crippen LogP contribution in [0.4, 0.5) is 0 Å². The van der Waals surface area contributed by atoms with Crippen molar-refractivity contribution in [2.45, 2.75) is 20.8 Å². The molecular formula is C17H20O4. The molecule has 0 N–H and O–H groups in total. The van der Waals surface area contributed by atoms with Gasteiger partial charge in [-0.05, 0) is 24.6 Å². The molecule has 0 saturated heterocycles. The molecule has 4 nitrogen and oxygen atoms in total. The monoisotopic (exact) mass is 288 g/mol. The van der Waals surface area contributed by atoms with Crippen molar-refractivity contribution in [3.05, 3.63) is 41.3 Å². The van der Waals surface area contributed by atoms with Gasteiger partial charge in [-0.2, -0.15) is 0 Å². The lowest BCUT2D eigenvalue weighted by Gasteiger charge is -2.10. The minimum atomic E-state index is -0.602. The average molecular weight is 288 g/mol. The zero-order chi connectivity index (χ0) is 15.8. The van der Waals surface area contributed by atoms with Crippen molar-refractivity contribution >= 4 is 5.97 Å². The maximum atomic E-state index is 11.6. The van der Waals surface area contributed by atoms with Gasteiger partial charge in [0.05, 0.1) is 14.2 Å². The standard InChI is InChI=1S/C17H20O4/c1-12(2)6-8-14-9-7-13(3)15(10-14)21-16(11-19-4)17(18)20-5/h7,9-12H,1-5H3/b16-11-. The molecule has 1 aromatic carbocycles. The summed E-state index contributed by atoms with van der Waals surface area (Å²) >= 11 is 0. The predicted molar refractivity (Wildman–Crippen MR) is 80.6 cm³/mol. The average Bonchev–Trinajstić information content (AvgIpc) is 2.46. The summed E-state index contributed by atoms with van der Waals surface area (Å²) in [6.07, 6.45) is 1.21. The molecule has 1 rings (SSSR count). The highest BCUT2D eigenvalue weighted by Gasteiger charge is 2.14. The number of ether oxygens (including phenoxy) is 3. The lowest BCUT2D eigenvalue weighted by Crippen LogP contribution is -2.11. The molecule has 0 aromatic heterocycles. The quantitative estimate of drug-likeness (QED) is 0.370. The Balaban J connectivity index is 3.07. The molecule has 0 aliphatic rings. The number of benzene rings is 1. The fourth-order valence-electron chi connectivity index (χ4n) is 1.46. The lowest BCUT2D eigenvalue weighted by atomic mass is 10.1. The van der Waals surface area contributed by atoms with Gasteiger partial charge in [0.1, 0.15) is 12.0 Å². The molecular weight excluding hydrogens is 268 g/mol. The number of esters is 1. The third kappa shape index (κ3) is 5.23. The zero-order valence-corrected chi connectivity index (χ0v) is 13.0.